The monoisotopic (exact) mass is 1390 g/mol. The Labute approximate surface area is 587 Å². The summed E-state index contributed by atoms with van der Waals surface area (Å²) in [5, 5.41) is 31.4. The van der Waals surface area contributed by atoms with Gasteiger partial charge in [-0.2, -0.15) is 0 Å². The standard InChI is InChI=1S/C75H95FN12O13/c1-5-47-14-18-49(19-15-47)35-58-73(99)88-32-11-28-75(88,4)74(100)78-29-26-48-16-20-50(21-17-48)42-86-31-9-7-6-8-30-85-43-54(56-39-55(76)22-23-60(56)85)37-53-38-61(90)57(81-69(95)59(40-77)83-68(94)45(2)80-63(91)24-25-65(86)93)36-51-12-10-13-52(34-51)41-79-64(92)44-101-62-27-33-87(72(53)98)67(62)71(97)84-66(46(3)89)70(96)82-58/h10,12-23,34,39,43,45-46,53,57-59,62,66-67,89H,5-9,11,24-33,35-38,40-42,44,77H2,1-4H3,(H,78,100)(H,79,92)(H,80,91)(H,81,95)(H,82,96)(H,83,94)(H,84,97)/t45-,46+,53+,57-,58-,59+,62-,66-,67-,75-/m0/s1. The maximum atomic E-state index is 16.1. The van der Waals surface area contributed by atoms with E-state index >= 15 is 28.4 Å². The Morgan fingerprint density at radius 1 is 0.673 bits per heavy atom. The number of Topliss-reactive ketones (excluding diaryl/α,β-unsaturated/α-hetero) is 1. The highest BCUT2D eigenvalue weighted by Crippen LogP contribution is 2.33. The summed E-state index contributed by atoms with van der Waals surface area (Å²) in [7, 11) is 0. The van der Waals surface area contributed by atoms with Gasteiger partial charge in [-0.25, -0.2) is 4.39 Å². The van der Waals surface area contributed by atoms with Crippen molar-refractivity contribution in [3.63, 3.8) is 0 Å². The van der Waals surface area contributed by atoms with E-state index in [9.17, 15) is 33.9 Å². The highest BCUT2D eigenvalue weighted by Gasteiger charge is 2.50. The molecule has 101 heavy (non-hydrogen) atoms. The highest BCUT2D eigenvalue weighted by molar-refractivity contribution is 6.00. The molecule has 0 aliphatic carbocycles. The molecule has 7 heterocycles. The lowest BCUT2D eigenvalue weighted by Gasteiger charge is -2.37. The molecule has 26 heteroatoms. The lowest BCUT2D eigenvalue weighted by Crippen LogP contribution is -2.63. The molecule has 11 rings (SSSR count). The smallest absolute Gasteiger partial charge is 0.246 e. The van der Waals surface area contributed by atoms with Gasteiger partial charge in [-0.1, -0.05) is 92.6 Å². The number of aryl methyl sites for hydroxylation is 2. The average molecular weight is 1390 g/mol. The van der Waals surface area contributed by atoms with Crippen molar-refractivity contribution in [3.8, 4) is 0 Å². The third-order valence-corrected chi connectivity index (χ3v) is 20.3. The zero-order chi connectivity index (χ0) is 72.1. The predicted octanol–water partition coefficient (Wildman–Crippen LogP) is 2.78. The van der Waals surface area contributed by atoms with Gasteiger partial charge in [-0.05, 0) is 136 Å². The van der Waals surface area contributed by atoms with Gasteiger partial charge in [0.25, 0.3) is 0 Å². The van der Waals surface area contributed by atoms with Gasteiger partial charge in [0.15, 0.2) is 5.78 Å². The van der Waals surface area contributed by atoms with E-state index in [0.29, 0.717) is 91.2 Å². The number of aliphatic hydroxyl groups excluding tert-OH is 1. The van der Waals surface area contributed by atoms with Crippen LogP contribution in [-0.2, 0) is 109 Å². The van der Waals surface area contributed by atoms with Crippen molar-refractivity contribution >= 4 is 75.8 Å². The number of ketones is 1. The fourth-order valence-electron chi connectivity index (χ4n) is 14.4. The van der Waals surface area contributed by atoms with Crippen LogP contribution < -0.4 is 43.0 Å². The van der Waals surface area contributed by atoms with Crippen molar-refractivity contribution in [2.75, 3.05) is 39.3 Å². The van der Waals surface area contributed by atoms with Gasteiger partial charge in [0.1, 0.15) is 48.2 Å². The molecule has 6 aliphatic rings. The first kappa shape index (κ1) is 74.3. The Bertz CT molecular complexity index is 3880. The van der Waals surface area contributed by atoms with Gasteiger partial charge in [0.05, 0.1) is 18.2 Å². The minimum Gasteiger partial charge on any atom is -0.391 e. The van der Waals surface area contributed by atoms with Crippen LogP contribution in [0.3, 0.4) is 0 Å². The molecule has 0 saturated carbocycles. The number of carbonyl (C=O) groups is 11. The molecule has 10 amide bonds. The Balaban J connectivity index is 1.08. The number of benzene rings is 4. The maximum Gasteiger partial charge on any atom is 0.246 e. The van der Waals surface area contributed by atoms with Crippen LogP contribution in [-0.4, -0.2) is 183 Å². The summed E-state index contributed by atoms with van der Waals surface area (Å²) in [6, 6.07) is 17.4. The number of carbonyl (C=O) groups excluding carboxylic acids is 11. The zero-order valence-corrected chi connectivity index (χ0v) is 58.0. The van der Waals surface area contributed by atoms with Crippen molar-refractivity contribution in [2.45, 2.75) is 198 Å². The molecule has 5 aromatic rings. The second kappa shape index (κ2) is 33.8. The first-order valence-electron chi connectivity index (χ1n) is 35.5. The van der Waals surface area contributed by atoms with Gasteiger partial charge >= 0.3 is 0 Å². The van der Waals surface area contributed by atoms with E-state index < -0.39 is 144 Å². The van der Waals surface area contributed by atoms with Crippen LogP contribution in [0.4, 0.5) is 4.39 Å². The molecular weight excluding hydrogens is 1300 g/mol. The normalized spacial score (nSPS) is 26.3. The van der Waals surface area contributed by atoms with E-state index in [-0.39, 0.29) is 77.2 Å². The molecule has 0 unspecified atom stereocenters. The Kier molecular flexibility index (Phi) is 24.9. The predicted molar refractivity (Wildman–Crippen MR) is 372 cm³/mol. The van der Waals surface area contributed by atoms with E-state index in [1.165, 1.54) is 35.8 Å². The van der Waals surface area contributed by atoms with Crippen molar-refractivity contribution in [2.24, 2.45) is 11.7 Å². The summed E-state index contributed by atoms with van der Waals surface area (Å²) < 4.78 is 23.9. The van der Waals surface area contributed by atoms with Gasteiger partial charge in [0.2, 0.25) is 59.1 Å². The minimum atomic E-state index is -1.80. The molecule has 0 radical (unpaired) electrons. The van der Waals surface area contributed by atoms with E-state index in [4.69, 9.17) is 10.5 Å². The highest BCUT2D eigenvalue weighted by atomic mass is 19.1. The Morgan fingerprint density at radius 3 is 2.14 bits per heavy atom. The minimum absolute atomic E-state index is 0.0288. The Hall–Kier alpha value is -9.40. The van der Waals surface area contributed by atoms with Crippen LogP contribution in [0.1, 0.15) is 131 Å². The number of hydrogen-bond acceptors (Lipinski definition) is 14. The molecule has 25 nitrogen and oxygen atoms in total. The summed E-state index contributed by atoms with van der Waals surface area (Å²) >= 11 is 0. The second-order valence-electron chi connectivity index (χ2n) is 27.7. The first-order chi connectivity index (χ1) is 48.5. The molecule has 1 aromatic heterocycles. The number of rotatable bonds is 5. The summed E-state index contributed by atoms with van der Waals surface area (Å²) in [5.41, 5.74) is 10.4. The van der Waals surface area contributed by atoms with E-state index in [1.807, 2.05) is 66.2 Å². The molecule has 0 spiro atoms. The van der Waals surface area contributed by atoms with Crippen molar-refractivity contribution in [1.82, 2.24) is 56.5 Å². The average Bonchev–Trinajstić information content (AvgIpc) is 1.68. The van der Waals surface area contributed by atoms with Gasteiger partial charge < -0.3 is 72.1 Å². The molecule has 540 valence electrons. The van der Waals surface area contributed by atoms with Crippen LogP contribution >= 0.6 is 0 Å². The van der Waals surface area contributed by atoms with Gasteiger partial charge in [-0.3, -0.25) is 52.7 Å². The quantitative estimate of drug-likeness (QED) is 0.122. The number of hydrogen-bond donors (Lipinski definition) is 9. The molecule has 12 bridgehead atoms. The topological polar surface area (TPSA) is 342 Å². The molecule has 10 N–H and O–H groups in total. The lowest BCUT2D eigenvalue weighted by atomic mass is 9.88. The second-order valence-corrected chi connectivity index (χ2v) is 27.7. The summed E-state index contributed by atoms with van der Waals surface area (Å²) in [5.74, 6) is -9.55. The van der Waals surface area contributed by atoms with Crippen molar-refractivity contribution < 1.29 is 67.0 Å². The number of aliphatic hydroxyl groups is 1. The zero-order valence-electron chi connectivity index (χ0n) is 58.0. The fraction of sp³-hybridized carbons (Fsp3) is 0.507. The van der Waals surface area contributed by atoms with E-state index in [1.54, 1.807) is 42.2 Å². The number of amides is 10. The van der Waals surface area contributed by atoms with E-state index in [0.717, 1.165) is 23.1 Å². The lowest BCUT2D eigenvalue weighted by molar-refractivity contribution is -0.148. The number of aromatic nitrogens is 1. The number of fused-ring (bicyclic) bond motifs is 16. The van der Waals surface area contributed by atoms with Crippen molar-refractivity contribution in [1.29, 1.82) is 0 Å². The first-order valence-corrected chi connectivity index (χ1v) is 35.5. The summed E-state index contributed by atoms with van der Waals surface area (Å²) in [6.45, 7) is 6.43. The number of halogens is 1. The van der Waals surface area contributed by atoms with E-state index in [2.05, 4.69) is 37.2 Å². The maximum absolute atomic E-state index is 16.1. The summed E-state index contributed by atoms with van der Waals surface area (Å²) in [4.78, 5) is 166. The number of nitrogens with two attached hydrogens (primary N) is 1. The molecule has 4 aromatic carbocycles. The van der Waals surface area contributed by atoms with Crippen molar-refractivity contribution in [3.05, 3.63) is 142 Å². The molecule has 6 aliphatic heterocycles. The number of nitrogens with zero attached hydrogens (tertiary/aromatic N) is 4. The Morgan fingerprint density at radius 2 is 1.40 bits per heavy atom. The SMILES string of the molecule is CCc1ccc(C[C@@H]2NC(=O)[C@H]([C@@H](C)O)NC(=O)[C@@H]3[C@@H]4CCN3C(=O)[C@H]3CC(=O)[C@H](Cc5cccc(c5)CNC(=O)CO4)NC(=O)[C@@H](CN)NC(=O)[C@H](C)NC(=O)CCC(=O)N(CCCCCCn4cc(c5cc(F)ccc54)C3)Cc3ccc(cc3)CCNC(=O)[C@]3(C)CCCN3C2=O)cc1. The molecule has 2 fully saturated rings. The third-order valence-electron chi connectivity index (χ3n) is 20.3. The molecule has 2 saturated heterocycles. The van der Waals surface area contributed by atoms with Gasteiger partial charge in [-0.15, -0.1) is 0 Å². The summed E-state index contributed by atoms with van der Waals surface area (Å²) in [6.07, 6.45) is 1.87. The van der Waals surface area contributed by atoms with Crippen LogP contribution in [0.15, 0.2) is 97.2 Å². The molecule has 10 atom stereocenters. The van der Waals surface area contributed by atoms with Crippen LogP contribution in [0.2, 0.25) is 0 Å². The van der Waals surface area contributed by atoms with Crippen LogP contribution in [0.5, 0.6) is 0 Å². The van der Waals surface area contributed by atoms with Gasteiger partial charge in [0, 0.05) is 101 Å². The van der Waals surface area contributed by atoms with Crippen LogP contribution in [0.25, 0.3) is 10.9 Å². The number of ether oxygens (including phenoxy) is 1. The van der Waals surface area contributed by atoms with Crippen LogP contribution in [0, 0.1) is 11.7 Å². The molecular formula is C75H95FN12O13. The number of nitrogens with one attached hydrogen (secondary N) is 7. The fourth-order valence-corrected chi connectivity index (χ4v) is 14.4. The third kappa shape index (κ3) is 18.6. The largest absolute Gasteiger partial charge is 0.391 e.